The lowest BCUT2D eigenvalue weighted by molar-refractivity contribution is -0.151. The average Bonchev–Trinajstić information content (AvgIpc) is 2.68. The van der Waals surface area contributed by atoms with E-state index in [1.165, 1.54) is 0 Å². The van der Waals surface area contributed by atoms with Crippen molar-refractivity contribution in [2.24, 2.45) is 0 Å². The van der Waals surface area contributed by atoms with Gasteiger partial charge < -0.3 is 14.4 Å². The molecule has 0 bridgehead atoms. The maximum atomic E-state index is 12.8. The molecule has 0 aliphatic carbocycles. The molecule has 1 fully saturated rings. The van der Waals surface area contributed by atoms with E-state index in [2.05, 4.69) is 6.07 Å². The smallest absolute Gasteiger partial charge is 0.263 e. The molecule has 0 spiro atoms. The highest BCUT2D eigenvalue weighted by Gasteiger charge is 2.32. The first-order chi connectivity index (χ1) is 12.6. The predicted octanol–water partition coefficient (Wildman–Crippen LogP) is 3.31. The molecule has 1 aliphatic rings. The first-order valence-corrected chi connectivity index (χ1v) is 8.73. The molecule has 5 heteroatoms. The van der Waals surface area contributed by atoms with Crippen LogP contribution in [0.5, 0.6) is 5.75 Å². The summed E-state index contributed by atoms with van der Waals surface area (Å²) in [6.45, 7) is 4.78. The summed E-state index contributed by atoms with van der Waals surface area (Å²) in [4.78, 5) is 14.6. The average molecular weight is 350 g/mol. The summed E-state index contributed by atoms with van der Waals surface area (Å²) < 4.78 is 11.8. The number of hydrogen-bond acceptors (Lipinski definition) is 4. The SMILES string of the molecule is CC1CN(C(=O)C(C)Oc2ccc(C#N)cc2)CC(c2ccccc2)O1. The highest BCUT2D eigenvalue weighted by molar-refractivity contribution is 5.81. The lowest BCUT2D eigenvalue weighted by atomic mass is 10.1. The lowest BCUT2D eigenvalue weighted by Gasteiger charge is -2.38. The Morgan fingerprint density at radius 1 is 1.19 bits per heavy atom. The fourth-order valence-corrected chi connectivity index (χ4v) is 3.10. The quantitative estimate of drug-likeness (QED) is 0.849. The topological polar surface area (TPSA) is 62.6 Å². The normalized spacial score (nSPS) is 20.9. The summed E-state index contributed by atoms with van der Waals surface area (Å²) in [7, 11) is 0. The Morgan fingerprint density at radius 3 is 2.54 bits per heavy atom. The molecule has 2 aromatic rings. The molecule has 134 valence electrons. The van der Waals surface area contributed by atoms with Gasteiger partial charge in [-0.25, -0.2) is 0 Å². The molecular weight excluding hydrogens is 328 g/mol. The molecule has 0 radical (unpaired) electrons. The van der Waals surface area contributed by atoms with Gasteiger partial charge in [-0.3, -0.25) is 4.79 Å². The molecule has 1 aliphatic heterocycles. The van der Waals surface area contributed by atoms with Crippen molar-refractivity contribution in [1.29, 1.82) is 5.26 Å². The summed E-state index contributed by atoms with van der Waals surface area (Å²) >= 11 is 0. The van der Waals surface area contributed by atoms with Gasteiger partial charge in [0.2, 0.25) is 0 Å². The molecule has 3 atom stereocenters. The van der Waals surface area contributed by atoms with Crippen LogP contribution in [0.3, 0.4) is 0 Å². The molecule has 1 amide bonds. The molecule has 3 unspecified atom stereocenters. The third-order valence-electron chi connectivity index (χ3n) is 4.39. The van der Waals surface area contributed by atoms with Crippen LogP contribution in [-0.4, -0.2) is 36.1 Å². The number of carbonyl (C=O) groups excluding carboxylic acids is 1. The maximum Gasteiger partial charge on any atom is 0.263 e. The molecule has 0 saturated carbocycles. The zero-order valence-corrected chi connectivity index (χ0v) is 15.0. The van der Waals surface area contributed by atoms with E-state index in [0.717, 1.165) is 5.56 Å². The number of morpholine rings is 1. The van der Waals surface area contributed by atoms with Gasteiger partial charge in [-0.1, -0.05) is 30.3 Å². The number of benzene rings is 2. The fraction of sp³-hybridized carbons (Fsp3) is 0.333. The van der Waals surface area contributed by atoms with Gasteiger partial charge in [0.1, 0.15) is 11.9 Å². The van der Waals surface area contributed by atoms with E-state index >= 15 is 0 Å². The number of rotatable bonds is 4. The van der Waals surface area contributed by atoms with Gasteiger partial charge in [0.15, 0.2) is 6.10 Å². The van der Waals surface area contributed by atoms with Crippen LogP contribution in [-0.2, 0) is 9.53 Å². The van der Waals surface area contributed by atoms with E-state index in [0.29, 0.717) is 24.4 Å². The minimum atomic E-state index is -0.607. The Balaban J connectivity index is 1.66. The van der Waals surface area contributed by atoms with Gasteiger partial charge in [-0.15, -0.1) is 0 Å². The Morgan fingerprint density at radius 2 is 1.88 bits per heavy atom. The van der Waals surface area contributed by atoms with Crippen molar-refractivity contribution in [3.8, 4) is 11.8 Å². The highest BCUT2D eigenvalue weighted by Crippen LogP contribution is 2.26. The summed E-state index contributed by atoms with van der Waals surface area (Å²) in [6.07, 6.45) is -0.782. The number of carbonyl (C=O) groups is 1. The first-order valence-electron chi connectivity index (χ1n) is 8.73. The van der Waals surface area contributed by atoms with Crippen molar-refractivity contribution < 1.29 is 14.3 Å². The van der Waals surface area contributed by atoms with Crippen molar-refractivity contribution in [3.05, 3.63) is 65.7 Å². The van der Waals surface area contributed by atoms with Crippen LogP contribution in [0.2, 0.25) is 0 Å². The molecule has 0 N–H and O–H groups in total. The minimum Gasteiger partial charge on any atom is -0.481 e. The van der Waals surface area contributed by atoms with Crippen LogP contribution in [0, 0.1) is 11.3 Å². The van der Waals surface area contributed by atoms with Gasteiger partial charge in [0.05, 0.1) is 24.3 Å². The fourth-order valence-electron chi connectivity index (χ4n) is 3.10. The van der Waals surface area contributed by atoms with Crippen molar-refractivity contribution in [1.82, 2.24) is 4.90 Å². The third kappa shape index (κ3) is 4.22. The molecule has 26 heavy (non-hydrogen) atoms. The van der Waals surface area contributed by atoms with Gasteiger partial charge in [-0.2, -0.15) is 5.26 Å². The number of ether oxygens (including phenoxy) is 2. The van der Waals surface area contributed by atoms with E-state index in [-0.39, 0.29) is 18.1 Å². The predicted molar refractivity (Wildman–Crippen MR) is 97.6 cm³/mol. The zero-order chi connectivity index (χ0) is 18.5. The summed E-state index contributed by atoms with van der Waals surface area (Å²) in [5.41, 5.74) is 1.63. The van der Waals surface area contributed by atoms with E-state index < -0.39 is 6.10 Å². The van der Waals surface area contributed by atoms with Crippen molar-refractivity contribution >= 4 is 5.91 Å². The summed E-state index contributed by atoms with van der Waals surface area (Å²) in [5.74, 6) is 0.510. The largest absolute Gasteiger partial charge is 0.481 e. The third-order valence-corrected chi connectivity index (χ3v) is 4.39. The molecule has 1 heterocycles. The second-order valence-corrected chi connectivity index (χ2v) is 6.49. The van der Waals surface area contributed by atoms with Gasteiger partial charge in [-0.05, 0) is 43.7 Å². The number of nitriles is 1. The maximum absolute atomic E-state index is 12.8. The van der Waals surface area contributed by atoms with E-state index in [1.54, 1.807) is 36.1 Å². The Bertz CT molecular complexity index is 783. The lowest BCUT2D eigenvalue weighted by Crippen LogP contribution is -2.50. The van der Waals surface area contributed by atoms with Crippen LogP contribution in [0.1, 0.15) is 31.1 Å². The second kappa shape index (κ2) is 8.03. The van der Waals surface area contributed by atoms with Crippen LogP contribution in [0.15, 0.2) is 54.6 Å². The summed E-state index contributed by atoms with van der Waals surface area (Å²) in [6, 6.07) is 18.8. The minimum absolute atomic E-state index is 0.0416. The first kappa shape index (κ1) is 18.0. The van der Waals surface area contributed by atoms with Gasteiger partial charge in [0.25, 0.3) is 5.91 Å². The molecule has 5 nitrogen and oxygen atoms in total. The van der Waals surface area contributed by atoms with Crippen LogP contribution in [0.4, 0.5) is 0 Å². The van der Waals surface area contributed by atoms with Gasteiger partial charge in [0, 0.05) is 6.54 Å². The van der Waals surface area contributed by atoms with E-state index in [9.17, 15) is 4.79 Å². The Labute approximate surface area is 153 Å². The molecule has 0 aromatic heterocycles. The van der Waals surface area contributed by atoms with Crippen LogP contribution in [0.25, 0.3) is 0 Å². The van der Waals surface area contributed by atoms with Crippen molar-refractivity contribution in [2.45, 2.75) is 32.2 Å². The monoisotopic (exact) mass is 350 g/mol. The summed E-state index contributed by atoms with van der Waals surface area (Å²) in [5, 5.41) is 8.85. The standard InChI is InChI=1S/C21H22N2O3/c1-15-13-23(14-20(25-15)18-6-4-3-5-7-18)21(24)16(2)26-19-10-8-17(12-22)9-11-19/h3-11,15-16,20H,13-14H2,1-2H3. The van der Waals surface area contributed by atoms with E-state index in [1.807, 2.05) is 37.3 Å². The Hall–Kier alpha value is -2.84. The second-order valence-electron chi connectivity index (χ2n) is 6.49. The zero-order valence-electron chi connectivity index (χ0n) is 15.0. The highest BCUT2D eigenvalue weighted by atomic mass is 16.5. The number of amides is 1. The van der Waals surface area contributed by atoms with Crippen molar-refractivity contribution in [3.63, 3.8) is 0 Å². The number of nitrogens with zero attached hydrogens (tertiary/aromatic N) is 2. The van der Waals surface area contributed by atoms with E-state index in [4.69, 9.17) is 14.7 Å². The molecule has 3 rings (SSSR count). The molecule has 2 aromatic carbocycles. The molecular formula is C21H22N2O3. The molecule has 1 saturated heterocycles. The van der Waals surface area contributed by atoms with Crippen molar-refractivity contribution in [2.75, 3.05) is 13.1 Å². The number of hydrogen-bond donors (Lipinski definition) is 0. The van der Waals surface area contributed by atoms with Crippen LogP contribution >= 0.6 is 0 Å². The van der Waals surface area contributed by atoms with Crippen LogP contribution < -0.4 is 4.74 Å². The van der Waals surface area contributed by atoms with Gasteiger partial charge >= 0.3 is 0 Å². The Kier molecular flexibility index (Phi) is 5.55.